The number of nitrogens with one attached hydrogen (secondary N) is 1. The highest BCUT2D eigenvalue weighted by atomic mass is 32.1. The third-order valence-corrected chi connectivity index (χ3v) is 2.53. The zero-order valence-corrected chi connectivity index (χ0v) is 8.82. The molecule has 70 valence electrons. The van der Waals surface area contributed by atoms with E-state index in [1.165, 1.54) is 16.9 Å². The summed E-state index contributed by atoms with van der Waals surface area (Å²) in [5.41, 5.74) is 1.21. The van der Waals surface area contributed by atoms with Crippen LogP contribution in [-0.2, 0) is 6.54 Å². The Bertz CT molecular complexity index is 296. The van der Waals surface area contributed by atoms with Gasteiger partial charge < -0.3 is 5.32 Å². The Morgan fingerprint density at radius 3 is 2.92 bits per heavy atom. The molecule has 0 aliphatic heterocycles. The fourth-order valence-corrected chi connectivity index (χ4v) is 1.73. The summed E-state index contributed by atoms with van der Waals surface area (Å²) in [5.74, 6) is 0.675. The molecule has 0 bridgehead atoms. The van der Waals surface area contributed by atoms with Crippen LogP contribution in [0.3, 0.4) is 0 Å². The van der Waals surface area contributed by atoms with Gasteiger partial charge in [-0.25, -0.2) is 0 Å². The average Bonchev–Trinajstić information content (AvgIpc) is 2.52. The Labute approximate surface area is 83.2 Å². The van der Waals surface area contributed by atoms with Crippen LogP contribution in [0.5, 0.6) is 0 Å². The van der Waals surface area contributed by atoms with Crippen molar-refractivity contribution in [1.82, 2.24) is 5.32 Å². The van der Waals surface area contributed by atoms with Gasteiger partial charge in [-0.1, -0.05) is 13.8 Å². The van der Waals surface area contributed by atoms with Gasteiger partial charge in [0.15, 0.2) is 0 Å². The summed E-state index contributed by atoms with van der Waals surface area (Å²) < 4.78 is 0. The van der Waals surface area contributed by atoms with Gasteiger partial charge in [-0.3, -0.25) is 0 Å². The van der Waals surface area contributed by atoms with Gasteiger partial charge in [-0.05, 0) is 29.5 Å². The zero-order chi connectivity index (χ0) is 9.68. The predicted octanol–water partition coefficient (Wildman–Crippen LogP) is 2.37. The standard InChI is InChI=1S/C10H14N2S/c1-8(2)5-12-6-9-3-10(4-11)13-7-9/h3,7-8,12H,5-6H2,1-2H3. The van der Waals surface area contributed by atoms with Crippen LogP contribution in [0.2, 0.25) is 0 Å². The van der Waals surface area contributed by atoms with Gasteiger partial charge in [0.2, 0.25) is 0 Å². The summed E-state index contributed by atoms with van der Waals surface area (Å²) in [5, 5.41) is 14.0. The van der Waals surface area contributed by atoms with Gasteiger partial charge in [0.25, 0.3) is 0 Å². The minimum absolute atomic E-state index is 0.675. The molecule has 0 saturated heterocycles. The molecule has 3 heteroatoms. The SMILES string of the molecule is CC(C)CNCc1csc(C#N)c1. The first-order chi connectivity index (χ1) is 6.22. The van der Waals surface area contributed by atoms with Gasteiger partial charge in [0, 0.05) is 6.54 Å². The molecule has 0 spiro atoms. The highest BCUT2D eigenvalue weighted by Gasteiger charge is 1.98. The second kappa shape index (κ2) is 5.00. The molecule has 0 fully saturated rings. The van der Waals surface area contributed by atoms with Crippen LogP contribution in [0.25, 0.3) is 0 Å². The molecule has 0 radical (unpaired) electrons. The van der Waals surface area contributed by atoms with Crippen molar-refractivity contribution in [3.8, 4) is 6.07 Å². The molecule has 0 aromatic carbocycles. The van der Waals surface area contributed by atoms with Gasteiger partial charge in [0.1, 0.15) is 10.9 Å². The van der Waals surface area contributed by atoms with Crippen molar-refractivity contribution in [2.45, 2.75) is 20.4 Å². The van der Waals surface area contributed by atoms with Crippen molar-refractivity contribution in [2.75, 3.05) is 6.54 Å². The van der Waals surface area contributed by atoms with E-state index in [-0.39, 0.29) is 0 Å². The second-order valence-corrected chi connectivity index (χ2v) is 4.37. The quantitative estimate of drug-likeness (QED) is 0.798. The molecule has 0 unspecified atom stereocenters. The van der Waals surface area contributed by atoms with E-state index in [1.807, 2.05) is 11.4 Å². The smallest absolute Gasteiger partial charge is 0.110 e. The van der Waals surface area contributed by atoms with E-state index < -0.39 is 0 Å². The Balaban J connectivity index is 2.34. The molecule has 13 heavy (non-hydrogen) atoms. The first-order valence-electron chi connectivity index (χ1n) is 4.40. The summed E-state index contributed by atoms with van der Waals surface area (Å²) in [6.07, 6.45) is 0. The number of nitriles is 1. The maximum atomic E-state index is 8.60. The van der Waals surface area contributed by atoms with E-state index in [0.29, 0.717) is 5.92 Å². The molecule has 0 saturated carbocycles. The van der Waals surface area contributed by atoms with Gasteiger partial charge >= 0.3 is 0 Å². The average molecular weight is 194 g/mol. The summed E-state index contributed by atoms with van der Waals surface area (Å²) in [6, 6.07) is 4.08. The molecule has 0 aliphatic rings. The van der Waals surface area contributed by atoms with Gasteiger partial charge in [0.05, 0.1) is 0 Å². The van der Waals surface area contributed by atoms with E-state index in [4.69, 9.17) is 5.26 Å². The lowest BCUT2D eigenvalue weighted by Gasteiger charge is -2.05. The minimum Gasteiger partial charge on any atom is -0.312 e. The molecule has 1 heterocycles. The van der Waals surface area contributed by atoms with E-state index in [2.05, 4.69) is 25.2 Å². The predicted molar refractivity (Wildman–Crippen MR) is 55.6 cm³/mol. The lowest BCUT2D eigenvalue weighted by Crippen LogP contribution is -2.18. The minimum atomic E-state index is 0.675. The van der Waals surface area contributed by atoms with Crippen LogP contribution in [0, 0.1) is 17.2 Å². The van der Waals surface area contributed by atoms with Crippen LogP contribution in [0.4, 0.5) is 0 Å². The molecular formula is C10H14N2S. The Morgan fingerprint density at radius 2 is 2.38 bits per heavy atom. The van der Waals surface area contributed by atoms with Crippen LogP contribution < -0.4 is 5.32 Å². The van der Waals surface area contributed by atoms with Crippen LogP contribution >= 0.6 is 11.3 Å². The van der Waals surface area contributed by atoms with Gasteiger partial charge in [-0.15, -0.1) is 11.3 Å². The number of thiophene rings is 1. The van der Waals surface area contributed by atoms with E-state index >= 15 is 0 Å². The topological polar surface area (TPSA) is 35.8 Å². The summed E-state index contributed by atoms with van der Waals surface area (Å²) in [4.78, 5) is 0.793. The third-order valence-electron chi connectivity index (χ3n) is 1.65. The molecule has 1 rings (SSSR count). The van der Waals surface area contributed by atoms with E-state index in [1.54, 1.807) is 0 Å². The van der Waals surface area contributed by atoms with Crippen molar-refractivity contribution < 1.29 is 0 Å². The maximum absolute atomic E-state index is 8.60. The number of hydrogen-bond acceptors (Lipinski definition) is 3. The van der Waals surface area contributed by atoms with Gasteiger partial charge in [-0.2, -0.15) is 5.26 Å². The second-order valence-electron chi connectivity index (χ2n) is 3.46. The van der Waals surface area contributed by atoms with Crippen LogP contribution in [0.15, 0.2) is 11.4 Å². The van der Waals surface area contributed by atoms with Crippen molar-refractivity contribution in [2.24, 2.45) is 5.92 Å². The zero-order valence-electron chi connectivity index (χ0n) is 8.00. The van der Waals surface area contributed by atoms with Crippen molar-refractivity contribution in [1.29, 1.82) is 5.26 Å². The Morgan fingerprint density at radius 1 is 1.62 bits per heavy atom. The van der Waals surface area contributed by atoms with Crippen molar-refractivity contribution in [3.05, 3.63) is 21.9 Å². The highest BCUT2D eigenvalue weighted by Crippen LogP contribution is 2.12. The normalized spacial score (nSPS) is 10.3. The third kappa shape index (κ3) is 3.58. The fourth-order valence-electron chi connectivity index (χ4n) is 1.03. The number of nitrogens with zero attached hydrogens (tertiary/aromatic N) is 1. The summed E-state index contributed by atoms with van der Waals surface area (Å²) >= 11 is 1.51. The van der Waals surface area contributed by atoms with Crippen molar-refractivity contribution >= 4 is 11.3 Å². The molecule has 1 aromatic heterocycles. The lowest BCUT2D eigenvalue weighted by atomic mass is 10.2. The van der Waals surface area contributed by atoms with E-state index in [0.717, 1.165) is 18.0 Å². The fraction of sp³-hybridized carbons (Fsp3) is 0.500. The molecule has 0 atom stereocenters. The molecule has 1 N–H and O–H groups in total. The summed E-state index contributed by atoms with van der Waals surface area (Å²) in [6.45, 7) is 6.26. The molecule has 0 amide bonds. The monoisotopic (exact) mass is 194 g/mol. The maximum Gasteiger partial charge on any atom is 0.110 e. The van der Waals surface area contributed by atoms with Crippen molar-refractivity contribution in [3.63, 3.8) is 0 Å². The summed E-state index contributed by atoms with van der Waals surface area (Å²) in [7, 11) is 0. The lowest BCUT2D eigenvalue weighted by molar-refractivity contribution is 0.553. The Hall–Kier alpha value is -0.850. The highest BCUT2D eigenvalue weighted by molar-refractivity contribution is 7.10. The van der Waals surface area contributed by atoms with Crippen LogP contribution in [-0.4, -0.2) is 6.54 Å². The Kier molecular flexibility index (Phi) is 3.94. The number of rotatable bonds is 4. The largest absolute Gasteiger partial charge is 0.312 e. The number of hydrogen-bond donors (Lipinski definition) is 1. The van der Waals surface area contributed by atoms with Crippen LogP contribution in [0.1, 0.15) is 24.3 Å². The molecular weight excluding hydrogens is 180 g/mol. The van der Waals surface area contributed by atoms with E-state index in [9.17, 15) is 0 Å². The molecule has 2 nitrogen and oxygen atoms in total. The first kappa shape index (κ1) is 10.2. The molecule has 0 aliphatic carbocycles. The molecule has 1 aromatic rings. The first-order valence-corrected chi connectivity index (χ1v) is 5.28.